The van der Waals surface area contributed by atoms with Gasteiger partial charge in [0.05, 0.1) is 12.3 Å². The van der Waals surface area contributed by atoms with E-state index in [2.05, 4.69) is 49.9 Å². The lowest BCUT2D eigenvalue weighted by atomic mass is 10.0. The molecule has 0 bridgehead atoms. The number of ether oxygens (including phenoxy) is 1. The lowest BCUT2D eigenvalue weighted by molar-refractivity contribution is -0.122. The monoisotopic (exact) mass is 658 g/mol. The summed E-state index contributed by atoms with van der Waals surface area (Å²) in [6, 6.07) is 18.1. The Morgan fingerprint density at radius 1 is 1.03 bits per heavy atom. The van der Waals surface area contributed by atoms with E-state index in [-0.39, 0.29) is 5.57 Å². The van der Waals surface area contributed by atoms with Crippen LogP contribution in [0.4, 0.5) is 10.5 Å². The van der Waals surface area contributed by atoms with E-state index >= 15 is 0 Å². The average Bonchev–Trinajstić information content (AvgIpc) is 2.85. The fraction of sp³-hybridized carbons (Fsp3) is 0.179. The number of rotatable bonds is 7. The number of imide groups is 2. The molecule has 1 heterocycles. The van der Waals surface area contributed by atoms with Gasteiger partial charge < -0.3 is 4.74 Å². The standard InChI is InChI=1S/C28H24BrIN2O4/c1-3-17-9-11-20(12-10-17)32-27(34)22(26(33)31-28(32)35)13-18-14-24(30)21(25(15-18)36-4-2)16-19-7-5-6-8-23(19)29/h5-15H,3-4,16H2,1-2H3,(H,31,33,35)/b22-13+. The van der Waals surface area contributed by atoms with Gasteiger partial charge in [-0.25, -0.2) is 9.69 Å². The molecule has 0 atom stereocenters. The van der Waals surface area contributed by atoms with Gasteiger partial charge in [0, 0.05) is 20.0 Å². The molecule has 8 heteroatoms. The quantitative estimate of drug-likeness (QED) is 0.184. The normalized spacial score (nSPS) is 14.8. The third-order valence-corrected chi connectivity index (χ3v) is 7.55. The molecule has 0 aliphatic carbocycles. The summed E-state index contributed by atoms with van der Waals surface area (Å²) < 4.78 is 7.89. The Hall–Kier alpha value is -2.98. The van der Waals surface area contributed by atoms with Crippen LogP contribution in [0.15, 0.2) is 70.7 Å². The first-order valence-corrected chi connectivity index (χ1v) is 13.4. The highest BCUT2D eigenvalue weighted by Gasteiger charge is 2.36. The van der Waals surface area contributed by atoms with Gasteiger partial charge in [-0.3, -0.25) is 14.9 Å². The average molecular weight is 659 g/mol. The molecule has 1 N–H and O–H groups in total. The summed E-state index contributed by atoms with van der Waals surface area (Å²) in [5.74, 6) is -0.714. The first kappa shape index (κ1) is 26.1. The van der Waals surface area contributed by atoms with Crippen molar-refractivity contribution in [2.24, 2.45) is 0 Å². The zero-order valence-electron chi connectivity index (χ0n) is 19.8. The first-order chi connectivity index (χ1) is 17.3. The summed E-state index contributed by atoms with van der Waals surface area (Å²) in [7, 11) is 0. The maximum absolute atomic E-state index is 13.3. The minimum absolute atomic E-state index is 0.119. The molecule has 0 unspecified atom stereocenters. The number of amides is 4. The second-order valence-corrected chi connectivity index (χ2v) is 10.2. The highest BCUT2D eigenvalue weighted by Crippen LogP contribution is 2.32. The molecule has 184 valence electrons. The molecule has 1 fully saturated rings. The second-order valence-electron chi connectivity index (χ2n) is 8.16. The number of anilines is 1. The van der Waals surface area contributed by atoms with E-state index in [0.29, 0.717) is 30.0 Å². The molecule has 1 saturated heterocycles. The van der Waals surface area contributed by atoms with Crippen LogP contribution >= 0.6 is 38.5 Å². The van der Waals surface area contributed by atoms with Gasteiger partial charge in [-0.15, -0.1) is 0 Å². The molecule has 1 aliphatic rings. The van der Waals surface area contributed by atoms with Gasteiger partial charge in [0.15, 0.2) is 0 Å². The van der Waals surface area contributed by atoms with Crippen LogP contribution in [-0.2, 0) is 22.4 Å². The van der Waals surface area contributed by atoms with E-state index < -0.39 is 17.8 Å². The van der Waals surface area contributed by atoms with Crippen molar-refractivity contribution < 1.29 is 19.1 Å². The molecular formula is C28H24BrIN2O4. The van der Waals surface area contributed by atoms with Crippen LogP contribution in [0.5, 0.6) is 5.75 Å². The van der Waals surface area contributed by atoms with Gasteiger partial charge in [0.2, 0.25) is 0 Å². The third kappa shape index (κ3) is 5.54. The van der Waals surface area contributed by atoms with Crippen molar-refractivity contribution in [2.45, 2.75) is 26.7 Å². The number of aryl methyl sites for hydroxylation is 1. The van der Waals surface area contributed by atoms with Gasteiger partial charge in [0.1, 0.15) is 11.3 Å². The highest BCUT2D eigenvalue weighted by atomic mass is 127. The Kier molecular flexibility index (Phi) is 8.25. The van der Waals surface area contributed by atoms with Crippen LogP contribution in [-0.4, -0.2) is 24.5 Å². The van der Waals surface area contributed by atoms with Gasteiger partial charge in [0.25, 0.3) is 11.8 Å². The molecule has 0 aromatic heterocycles. The molecule has 3 aromatic carbocycles. The minimum Gasteiger partial charge on any atom is -0.494 e. The largest absolute Gasteiger partial charge is 0.494 e. The van der Waals surface area contributed by atoms with Gasteiger partial charge in [-0.05, 0) is 89.0 Å². The smallest absolute Gasteiger partial charge is 0.335 e. The number of urea groups is 1. The summed E-state index contributed by atoms with van der Waals surface area (Å²) in [6.07, 6.45) is 2.99. The van der Waals surface area contributed by atoms with Crippen molar-refractivity contribution >= 4 is 68.1 Å². The number of hydrogen-bond acceptors (Lipinski definition) is 4. The molecule has 3 aromatic rings. The van der Waals surface area contributed by atoms with E-state index in [1.165, 1.54) is 6.08 Å². The van der Waals surface area contributed by atoms with Crippen LogP contribution < -0.4 is 15.0 Å². The lowest BCUT2D eigenvalue weighted by Crippen LogP contribution is -2.54. The second kappa shape index (κ2) is 11.4. The maximum Gasteiger partial charge on any atom is 0.335 e. The molecule has 0 spiro atoms. The Balaban J connectivity index is 1.71. The SMILES string of the molecule is CCOc1cc(/C=C2\C(=O)NC(=O)N(c3ccc(CC)cc3)C2=O)cc(I)c1Cc1ccccc1Br. The number of hydrogen-bond donors (Lipinski definition) is 1. The number of nitrogens with zero attached hydrogens (tertiary/aromatic N) is 1. The number of benzene rings is 3. The highest BCUT2D eigenvalue weighted by molar-refractivity contribution is 14.1. The Morgan fingerprint density at radius 2 is 1.75 bits per heavy atom. The van der Waals surface area contributed by atoms with Crippen molar-refractivity contribution in [1.82, 2.24) is 5.32 Å². The Bertz CT molecular complexity index is 1370. The van der Waals surface area contributed by atoms with E-state index in [0.717, 1.165) is 36.1 Å². The Morgan fingerprint density at radius 3 is 2.42 bits per heavy atom. The summed E-state index contributed by atoms with van der Waals surface area (Å²) in [5.41, 5.74) is 4.13. The molecule has 4 amide bonds. The zero-order chi connectivity index (χ0) is 25.8. The van der Waals surface area contributed by atoms with Crippen molar-refractivity contribution in [1.29, 1.82) is 0 Å². The van der Waals surface area contributed by atoms with Crippen molar-refractivity contribution in [2.75, 3.05) is 11.5 Å². The molecule has 0 radical (unpaired) electrons. The van der Waals surface area contributed by atoms with Crippen LogP contribution in [0.1, 0.15) is 36.1 Å². The fourth-order valence-electron chi connectivity index (χ4n) is 3.94. The molecule has 4 rings (SSSR count). The van der Waals surface area contributed by atoms with Crippen LogP contribution in [0.25, 0.3) is 6.08 Å². The number of nitrogens with one attached hydrogen (secondary N) is 1. The van der Waals surface area contributed by atoms with Crippen molar-refractivity contribution in [3.8, 4) is 5.75 Å². The molecule has 1 aliphatic heterocycles. The fourth-order valence-corrected chi connectivity index (χ4v) is 5.18. The molecule has 36 heavy (non-hydrogen) atoms. The van der Waals surface area contributed by atoms with Crippen molar-refractivity contribution in [3.05, 3.63) is 96.5 Å². The van der Waals surface area contributed by atoms with Crippen LogP contribution in [0, 0.1) is 3.57 Å². The topological polar surface area (TPSA) is 75.7 Å². The summed E-state index contributed by atoms with van der Waals surface area (Å²) in [4.78, 5) is 39.5. The van der Waals surface area contributed by atoms with E-state index in [1.54, 1.807) is 12.1 Å². The summed E-state index contributed by atoms with van der Waals surface area (Å²) in [5, 5.41) is 2.28. The van der Waals surface area contributed by atoms with Gasteiger partial charge in [-0.1, -0.05) is 53.2 Å². The van der Waals surface area contributed by atoms with Crippen LogP contribution in [0.3, 0.4) is 0 Å². The van der Waals surface area contributed by atoms with E-state index in [9.17, 15) is 14.4 Å². The molecule has 0 saturated carbocycles. The number of barbiturate groups is 1. The summed E-state index contributed by atoms with van der Waals surface area (Å²) in [6.45, 7) is 4.40. The van der Waals surface area contributed by atoms with E-state index in [4.69, 9.17) is 4.74 Å². The van der Waals surface area contributed by atoms with Gasteiger partial charge >= 0.3 is 6.03 Å². The summed E-state index contributed by atoms with van der Waals surface area (Å²) >= 11 is 5.85. The maximum atomic E-state index is 13.3. The number of carbonyl (C=O) groups excluding carboxylic acids is 3. The predicted molar refractivity (Wildman–Crippen MR) is 152 cm³/mol. The lowest BCUT2D eigenvalue weighted by Gasteiger charge is -2.26. The van der Waals surface area contributed by atoms with Crippen molar-refractivity contribution in [3.63, 3.8) is 0 Å². The molecular weight excluding hydrogens is 635 g/mol. The van der Waals surface area contributed by atoms with Crippen LogP contribution in [0.2, 0.25) is 0 Å². The molecule has 6 nitrogen and oxygen atoms in total. The minimum atomic E-state index is -0.764. The third-order valence-electron chi connectivity index (χ3n) is 5.82. The Labute approximate surface area is 232 Å². The van der Waals surface area contributed by atoms with E-state index in [1.807, 2.05) is 56.3 Å². The predicted octanol–water partition coefficient (Wildman–Crippen LogP) is 6.27. The number of halogens is 2. The number of carbonyl (C=O) groups is 3. The zero-order valence-corrected chi connectivity index (χ0v) is 23.6. The van der Waals surface area contributed by atoms with Gasteiger partial charge in [-0.2, -0.15) is 0 Å². The first-order valence-electron chi connectivity index (χ1n) is 11.5.